The van der Waals surface area contributed by atoms with Crippen LogP contribution in [0.4, 0.5) is 10.1 Å². The van der Waals surface area contributed by atoms with E-state index in [1.165, 1.54) is 36.9 Å². The van der Waals surface area contributed by atoms with Crippen molar-refractivity contribution in [1.29, 1.82) is 0 Å². The highest BCUT2D eigenvalue weighted by Gasteiger charge is 2.25. The molecular weight excluding hydrogens is 321 g/mol. The lowest BCUT2D eigenvalue weighted by Gasteiger charge is -2.08. The van der Waals surface area contributed by atoms with Crippen molar-refractivity contribution < 1.29 is 9.31 Å². The predicted molar refractivity (Wildman–Crippen MR) is 70.1 cm³/mol. The Bertz CT molecular complexity index is 736. The van der Waals surface area contributed by atoms with Crippen molar-refractivity contribution in [2.75, 3.05) is 0 Å². The van der Waals surface area contributed by atoms with Gasteiger partial charge in [-0.3, -0.25) is 19.6 Å². The molecule has 1 heterocycles. The molecule has 100 valence electrons. The minimum absolute atomic E-state index is 0.179. The van der Waals surface area contributed by atoms with E-state index in [9.17, 15) is 19.3 Å². The second-order valence-electron chi connectivity index (χ2n) is 3.93. The van der Waals surface area contributed by atoms with Crippen LogP contribution >= 0.6 is 15.9 Å². The third-order valence-corrected chi connectivity index (χ3v) is 3.46. The molecule has 0 amide bonds. The molecule has 0 aliphatic rings. The minimum Gasteiger partial charge on any atom is -0.278 e. The van der Waals surface area contributed by atoms with E-state index < -0.39 is 22.0 Å². The number of aromatic nitrogens is 2. The molecule has 0 bridgehead atoms. The summed E-state index contributed by atoms with van der Waals surface area (Å²) < 4.78 is 15.8. The van der Waals surface area contributed by atoms with Gasteiger partial charge < -0.3 is 0 Å². The Hall–Kier alpha value is -1.96. The molecule has 0 spiro atoms. The molecule has 0 aliphatic carbocycles. The summed E-state index contributed by atoms with van der Waals surface area (Å²) in [7, 11) is 1.53. The van der Waals surface area contributed by atoms with E-state index in [-0.39, 0.29) is 10.2 Å². The molecule has 0 aliphatic heterocycles. The number of benzene rings is 1. The molecule has 19 heavy (non-hydrogen) atoms. The van der Waals surface area contributed by atoms with Gasteiger partial charge in [0.05, 0.1) is 15.1 Å². The maximum atomic E-state index is 13.2. The largest absolute Gasteiger partial charge is 0.356 e. The summed E-state index contributed by atoms with van der Waals surface area (Å²) in [6, 6.07) is 3.95. The predicted octanol–water partition coefficient (Wildman–Crippen LogP) is 2.29. The zero-order valence-corrected chi connectivity index (χ0v) is 11.6. The topological polar surface area (TPSA) is 70.1 Å². The normalized spacial score (nSPS) is 10.7. The number of halogens is 2. The van der Waals surface area contributed by atoms with E-state index in [4.69, 9.17) is 0 Å². The molecule has 1 aromatic carbocycles. The first kappa shape index (κ1) is 13.5. The van der Waals surface area contributed by atoms with E-state index in [2.05, 4.69) is 15.9 Å². The van der Waals surface area contributed by atoms with Crippen LogP contribution in [-0.4, -0.2) is 14.3 Å². The molecule has 6 nitrogen and oxygen atoms in total. The SMILES string of the molecule is Cc1c([N+](=O)[O-])c(=O)n(-c2ccc(F)c(Br)c2)n1C. The van der Waals surface area contributed by atoms with Gasteiger partial charge in [0.1, 0.15) is 11.5 Å². The Labute approximate surface area is 115 Å². The van der Waals surface area contributed by atoms with E-state index in [0.717, 1.165) is 4.68 Å². The van der Waals surface area contributed by atoms with Crippen LogP contribution in [0.1, 0.15) is 5.69 Å². The van der Waals surface area contributed by atoms with Gasteiger partial charge in [0, 0.05) is 7.05 Å². The van der Waals surface area contributed by atoms with Gasteiger partial charge in [-0.15, -0.1) is 0 Å². The van der Waals surface area contributed by atoms with E-state index in [1.54, 1.807) is 0 Å². The van der Waals surface area contributed by atoms with Crippen LogP contribution in [-0.2, 0) is 7.05 Å². The van der Waals surface area contributed by atoms with Gasteiger partial charge in [0.15, 0.2) is 0 Å². The fourth-order valence-corrected chi connectivity index (χ4v) is 2.18. The van der Waals surface area contributed by atoms with Crippen LogP contribution in [0.5, 0.6) is 0 Å². The number of hydrogen-bond acceptors (Lipinski definition) is 3. The van der Waals surface area contributed by atoms with E-state index in [1.807, 2.05) is 0 Å². The molecule has 0 unspecified atom stereocenters. The first-order valence-corrected chi connectivity index (χ1v) is 6.02. The third-order valence-electron chi connectivity index (χ3n) is 2.85. The number of hydrogen-bond donors (Lipinski definition) is 0. The molecule has 2 rings (SSSR count). The molecule has 2 aromatic rings. The summed E-state index contributed by atoms with van der Waals surface area (Å²) in [5.41, 5.74) is -0.654. The Morgan fingerprint density at radius 3 is 2.53 bits per heavy atom. The van der Waals surface area contributed by atoms with Gasteiger partial charge in [0.2, 0.25) is 0 Å². The highest BCUT2D eigenvalue weighted by Crippen LogP contribution is 2.21. The van der Waals surface area contributed by atoms with Gasteiger partial charge in [0.25, 0.3) is 0 Å². The highest BCUT2D eigenvalue weighted by atomic mass is 79.9. The molecular formula is C11H9BrFN3O3. The van der Waals surface area contributed by atoms with E-state index >= 15 is 0 Å². The van der Waals surface area contributed by atoms with Crippen molar-refractivity contribution in [2.45, 2.75) is 6.92 Å². The van der Waals surface area contributed by atoms with E-state index in [0.29, 0.717) is 5.69 Å². The zero-order valence-electron chi connectivity index (χ0n) is 10.1. The number of nitro groups is 1. The van der Waals surface area contributed by atoms with Crippen molar-refractivity contribution in [3.05, 3.63) is 54.7 Å². The Balaban J connectivity index is 2.76. The highest BCUT2D eigenvalue weighted by molar-refractivity contribution is 9.10. The maximum absolute atomic E-state index is 13.2. The summed E-state index contributed by atoms with van der Waals surface area (Å²) in [6.07, 6.45) is 0. The quantitative estimate of drug-likeness (QED) is 0.627. The van der Waals surface area contributed by atoms with Crippen molar-refractivity contribution in [3.63, 3.8) is 0 Å². The smallest absolute Gasteiger partial charge is 0.278 e. The van der Waals surface area contributed by atoms with Crippen LogP contribution < -0.4 is 5.56 Å². The Kier molecular flexibility index (Phi) is 3.27. The molecule has 8 heteroatoms. The van der Waals surface area contributed by atoms with Gasteiger partial charge in [-0.25, -0.2) is 9.07 Å². The van der Waals surface area contributed by atoms with Gasteiger partial charge >= 0.3 is 11.2 Å². The van der Waals surface area contributed by atoms with Crippen LogP contribution in [0, 0.1) is 22.9 Å². The average molecular weight is 330 g/mol. The number of nitrogens with zero attached hydrogens (tertiary/aromatic N) is 3. The molecule has 1 aromatic heterocycles. The van der Waals surface area contributed by atoms with Crippen LogP contribution in [0.2, 0.25) is 0 Å². The fourth-order valence-electron chi connectivity index (χ4n) is 1.81. The van der Waals surface area contributed by atoms with Crippen molar-refractivity contribution in [2.24, 2.45) is 7.05 Å². The minimum atomic E-state index is -0.747. The summed E-state index contributed by atoms with van der Waals surface area (Å²) in [4.78, 5) is 22.2. The Morgan fingerprint density at radius 2 is 2.05 bits per heavy atom. The molecule has 0 atom stereocenters. The molecule has 0 saturated heterocycles. The summed E-state index contributed by atoms with van der Waals surface area (Å²) in [5, 5.41) is 10.9. The average Bonchev–Trinajstić information content (AvgIpc) is 2.54. The summed E-state index contributed by atoms with van der Waals surface area (Å²) in [6.45, 7) is 1.48. The second-order valence-corrected chi connectivity index (χ2v) is 4.78. The maximum Gasteiger partial charge on any atom is 0.356 e. The lowest BCUT2D eigenvalue weighted by atomic mass is 10.3. The van der Waals surface area contributed by atoms with Gasteiger partial charge in [-0.05, 0) is 41.1 Å². The summed E-state index contributed by atoms with van der Waals surface area (Å²) >= 11 is 3.01. The molecule has 0 N–H and O–H groups in total. The van der Waals surface area contributed by atoms with Crippen molar-refractivity contribution in [3.8, 4) is 5.69 Å². The lowest BCUT2D eigenvalue weighted by Crippen LogP contribution is -2.20. The van der Waals surface area contributed by atoms with Crippen LogP contribution in [0.3, 0.4) is 0 Å². The van der Waals surface area contributed by atoms with Crippen molar-refractivity contribution in [1.82, 2.24) is 9.36 Å². The zero-order chi connectivity index (χ0) is 14.3. The number of rotatable bonds is 2. The van der Waals surface area contributed by atoms with Gasteiger partial charge in [-0.1, -0.05) is 0 Å². The lowest BCUT2D eigenvalue weighted by molar-refractivity contribution is -0.386. The fraction of sp³-hybridized carbons (Fsp3) is 0.182. The Morgan fingerprint density at radius 1 is 1.42 bits per heavy atom. The van der Waals surface area contributed by atoms with Crippen LogP contribution in [0.15, 0.2) is 27.5 Å². The van der Waals surface area contributed by atoms with Crippen LogP contribution in [0.25, 0.3) is 5.69 Å². The second kappa shape index (κ2) is 4.61. The first-order valence-electron chi connectivity index (χ1n) is 5.23. The molecule has 0 radical (unpaired) electrons. The summed E-state index contributed by atoms with van der Waals surface area (Å²) in [5.74, 6) is -0.475. The van der Waals surface area contributed by atoms with Crippen molar-refractivity contribution >= 4 is 21.6 Å². The first-order chi connectivity index (χ1) is 8.84. The molecule has 0 fully saturated rings. The third kappa shape index (κ3) is 2.07. The monoisotopic (exact) mass is 329 g/mol. The van der Waals surface area contributed by atoms with Gasteiger partial charge in [-0.2, -0.15) is 0 Å². The molecule has 0 saturated carbocycles. The standard InChI is InChI=1S/C11H9BrFN3O3/c1-6-10(16(18)19)11(17)15(14(6)2)7-3-4-9(13)8(12)5-7/h3-5H,1-2H3.